The number of piperidine rings is 1. The van der Waals surface area contributed by atoms with E-state index in [2.05, 4.69) is 61.3 Å². The topological polar surface area (TPSA) is 90.2 Å². The molecule has 1 aliphatic rings. The van der Waals surface area contributed by atoms with Crippen LogP contribution in [-0.4, -0.2) is 45.5 Å². The van der Waals surface area contributed by atoms with Crippen LogP contribution in [0.15, 0.2) is 47.6 Å². The summed E-state index contributed by atoms with van der Waals surface area (Å²) in [6, 6.07) is 16.0. The highest BCUT2D eigenvalue weighted by atomic mass is 16.4. The predicted octanol–water partition coefficient (Wildman–Crippen LogP) is 3.59. The van der Waals surface area contributed by atoms with E-state index in [1.807, 2.05) is 6.21 Å². The Kier molecular flexibility index (Phi) is 6.72. The van der Waals surface area contributed by atoms with Gasteiger partial charge in [0, 0.05) is 17.6 Å². The Labute approximate surface area is 152 Å². The van der Waals surface area contributed by atoms with Crippen LogP contribution >= 0.6 is 0 Å². The van der Waals surface area contributed by atoms with E-state index in [0.29, 0.717) is 12.1 Å². The summed E-state index contributed by atoms with van der Waals surface area (Å²) in [5, 5.41) is 24.4. The van der Waals surface area contributed by atoms with Crippen molar-refractivity contribution in [2.45, 2.75) is 45.2 Å². The zero-order valence-electron chi connectivity index (χ0n) is 15.0. The molecule has 0 aromatic heterocycles. The van der Waals surface area contributed by atoms with Crippen LogP contribution in [-0.2, 0) is 9.59 Å². The molecule has 0 amide bonds. The number of carboxylic acids is 2. The van der Waals surface area contributed by atoms with Crippen molar-refractivity contribution in [3.63, 3.8) is 0 Å². The molecule has 2 aromatic rings. The molecule has 0 radical (unpaired) electrons. The largest absolute Gasteiger partial charge is 0.473 e. The molecule has 26 heavy (non-hydrogen) atoms. The van der Waals surface area contributed by atoms with Gasteiger partial charge in [0.05, 0.1) is 6.21 Å². The minimum atomic E-state index is -1.82. The van der Waals surface area contributed by atoms with Crippen LogP contribution in [0.2, 0.25) is 0 Å². The van der Waals surface area contributed by atoms with Crippen LogP contribution in [0.4, 0.5) is 0 Å². The van der Waals surface area contributed by atoms with E-state index in [0.717, 1.165) is 0 Å². The molecule has 2 unspecified atom stereocenters. The van der Waals surface area contributed by atoms with Gasteiger partial charge in [-0.05, 0) is 43.9 Å². The Morgan fingerprint density at radius 2 is 1.58 bits per heavy atom. The third-order valence-corrected chi connectivity index (χ3v) is 4.48. The number of nitrogens with zero attached hydrogens (tertiary/aromatic N) is 2. The quantitative estimate of drug-likeness (QED) is 0.634. The molecule has 2 atom stereocenters. The van der Waals surface area contributed by atoms with E-state index in [-0.39, 0.29) is 0 Å². The van der Waals surface area contributed by atoms with Gasteiger partial charge in [-0.25, -0.2) is 9.59 Å². The maximum atomic E-state index is 9.10. The summed E-state index contributed by atoms with van der Waals surface area (Å²) in [5.41, 5.74) is 1.20. The lowest BCUT2D eigenvalue weighted by atomic mass is 10.00. The third-order valence-electron chi connectivity index (χ3n) is 4.48. The highest BCUT2D eigenvalue weighted by Crippen LogP contribution is 2.23. The number of hydrogen-bond acceptors (Lipinski definition) is 4. The number of hydrazone groups is 1. The first kappa shape index (κ1) is 19.4. The molecule has 138 valence electrons. The number of carboxylic acid groups (broad SMARTS) is 2. The Morgan fingerprint density at radius 3 is 2.19 bits per heavy atom. The number of benzene rings is 2. The summed E-state index contributed by atoms with van der Waals surface area (Å²) < 4.78 is 0. The van der Waals surface area contributed by atoms with Gasteiger partial charge in [0.2, 0.25) is 0 Å². The van der Waals surface area contributed by atoms with Crippen molar-refractivity contribution in [1.29, 1.82) is 0 Å². The van der Waals surface area contributed by atoms with E-state index in [1.165, 1.54) is 35.6 Å². The number of rotatable bonds is 2. The maximum Gasteiger partial charge on any atom is 0.414 e. The molecule has 2 aromatic carbocycles. The molecule has 1 fully saturated rings. The molecule has 1 heterocycles. The Bertz CT molecular complexity index is 776. The standard InChI is InChI=1S/C18H22N2.C2H2O4/c1-14-7-5-8-15(2)20(14)19-13-17-11-6-10-16-9-3-4-12-18(16)17;3-1(4)2(5)6/h3-4,6,9-15H,5,7-8H2,1-2H3;(H,3,4)(H,5,6). The fourth-order valence-corrected chi connectivity index (χ4v) is 3.13. The van der Waals surface area contributed by atoms with Crippen molar-refractivity contribution in [3.8, 4) is 0 Å². The molecule has 1 saturated heterocycles. The lowest BCUT2D eigenvalue weighted by Gasteiger charge is -2.36. The summed E-state index contributed by atoms with van der Waals surface area (Å²) >= 11 is 0. The van der Waals surface area contributed by atoms with Gasteiger partial charge < -0.3 is 10.2 Å². The molecular weight excluding hydrogens is 332 g/mol. The van der Waals surface area contributed by atoms with Crippen LogP contribution in [0.25, 0.3) is 10.8 Å². The zero-order valence-corrected chi connectivity index (χ0v) is 15.0. The monoisotopic (exact) mass is 356 g/mol. The van der Waals surface area contributed by atoms with Crippen molar-refractivity contribution in [1.82, 2.24) is 5.01 Å². The van der Waals surface area contributed by atoms with E-state index in [4.69, 9.17) is 24.9 Å². The average molecular weight is 356 g/mol. The number of carbonyl (C=O) groups is 2. The van der Waals surface area contributed by atoms with E-state index in [9.17, 15) is 0 Å². The molecule has 2 N–H and O–H groups in total. The van der Waals surface area contributed by atoms with E-state index >= 15 is 0 Å². The third kappa shape index (κ3) is 5.05. The van der Waals surface area contributed by atoms with Crippen molar-refractivity contribution in [3.05, 3.63) is 48.0 Å². The summed E-state index contributed by atoms with van der Waals surface area (Å²) in [6.45, 7) is 4.55. The lowest BCUT2D eigenvalue weighted by Crippen LogP contribution is -2.39. The number of aliphatic carboxylic acids is 2. The van der Waals surface area contributed by atoms with Crippen LogP contribution in [0.1, 0.15) is 38.7 Å². The van der Waals surface area contributed by atoms with Crippen molar-refractivity contribution in [2.24, 2.45) is 5.10 Å². The molecule has 0 aliphatic carbocycles. The van der Waals surface area contributed by atoms with Gasteiger partial charge >= 0.3 is 11.9 Å². The number of fused-ring (bicyclic) bond motifs is 1. The van der Waals surface area contributed by atoms with Gasteiger partial charge in [0.1, 0.15) is 0 Å². The van der Waals surface area contributed by atoms with Crippen molar-refractivity contribution < 1.29 is 19.8 Å². The molecule has 6 nitrogen and oxygen atoms in total. The molecule has 1 aliphatic heterocycles. The normalized spacial score (nSPS) is 19.8. The first-order valence-electron chi connectivity index (χ1n) is 8.66. The van der Waals surface area contributed by atoms with Crippen LogP contribution in [0, 0.1) is 0 Å². The van der Waals surface area contributed by atoms with Gasteiger partial charge in [-0.1, -0.05) is 42.5 Å². The molecule has 0 bridgehead atoms. The fraction of sp³-hybridized carbons (Fsp3) is 0.350. The lowest BCUT2D eigenvalue weighted by molar-refractivity contribution is -0.159. The SMILES string of the molecule is CC1CCCC(C)N1N=Cc1cccc2ccccc12.O=C(O)C(=O)O. The fourth-order valence-electron chi connectivity index (χ4n) is 3.13. The minimum Gasteiger partial charge on any atom is -0.473 e. The highest BCUT2D eigenvalue weighted by molar-refractivity contribution is 6.27. The van der Waals surface area contributed by atoms with Crippen molar-refractivity contribution in [2.75, 3.05) is 0 Å². The Morgan fingerprint density at radius 1 is 1.00 bits per heavy atom. The smallest absolute Gasteiger partial charge is 0.414 e. The molecular formula is C20H24N2O4. The highest BCUT2D eigenvalue weighted by Gasteiger charge is 2.22. The van der Waals surface area contributed by atoms with Crippen molar-refractivity contribution >= 4 is 28.9 Å². The van der Waals surface area contributed by atoms with Gasteiger partial charge in [0.25, 0.3) is 0 Å². The first-order valence-corrected chi connectivity index (χ1v) is 8.66. The Hall–Kier alpha value is -2.89. The summed E-state index contributed by atoms with van der Waals surface area (Å²) in [5.74, 6) is -3.65. The second-order valence-corrected chi connectivity index (χ2v) is 6.43. The zero-order chi connectivity index (χ0) is 19.1. The van der Waals surface area contributed by atoms with E-state index in [1.54, 1.807) is 0 Å². The van der Waals surface area contributed by atoms with E-state index < -0.39 is 11.9 Å². The van der Waals surface area contributed by atoms with Gasteiger partial charge in [-0.2, -0.15) is 5.10 Å². The van der Waals surface area contributed by atoms with Gasteiger partial charge in [-0.3, -0.25) is 5.01 Å². The molecule has 6 heteroatoms. The first-order chi connectivity index (χ1) is 12.4. The number of hydrogen-bond donors (Lipinski definition) is 2. The second-order valence-electron chi connectivity index (χ2n) is 6.43. The molecule has 0 spiro atoms. The maximum absolute atomic E-state index is 9.10. The Balaban J connectivity index is 0.000000352. The summed E-state index contributed by atoms with van der Waals surface area (Å²) in [6.07, 6.45) is 5.84. The average Bonchev–Trinajstić information content (AvgIpc) is 2.62. The van der Waals surface area contributed by atoms with Crippen LogP contribution in [0.3, 0.4) is 0 Å². The minimum absolute atomic E-state index is 0.546. The van der Waals surface area contributed by atoms with Crippen LogP contribution < -0.4 is 0 Å². The van der Waals surface area contributed by atoms with Crippen LogP contribution in [0.5, 0.6) is 0 Å². The second kappa shape index (κ2) is 8.99. The predicted molar refractivity (Wildman–Crippen MR) is 101 cm³/mol. The molecule has 0 saturated carbocycles. The van der Waals surface area contributed by atoms with Gasteiger partial charge in [-0.15, -0.1) is 0 Å². The summed E-state index contributed by atoms with van der Waals surface area (Å²) in [7, 11) is 0. The molecule has 3 rings (SSSR count). The van der Waals surface area contributed by atoms with Gasteiger partial charge in [0.15, 0.2) is 0 Å². The summed E-state index contributed by atoms with van der Waals surface area (Å²) in [4.78, 5) is 18.2.